The number of piperidine rings is 1. The van der Waals surface area contributed by atoms with E-state index in [1.54, 1.807) is 0 Å². The van der Waals surface area contributed by atoms with Crippen LogP contribution in [0.4, 0.5) is 8.78 Å². The van der Waals surface area contributed by atoms with Crippen molar-refractivity contribution >= 4 is 0 Å². The van der Waals surface area contributed by atoms with Gasteiger partial charge in [0.25, 0.3) is 5.92 Å². The molecule has 4 heteroatoms. The van der Waals surface area contributed by atoms with Crippen molar-refractivity contribution in [2.75, 3.05) is 19.7 Å². The monoisotopic (exact) mass is 179 g/mol. The molecular weight excluding hydrogens is 164 g/mol. The number of halogens is 2. The Morgan fingerprint density at radius 1 is 1.50 bits per heavy atom. The highest BCUT2D eigenvalue weighted by atomic mass is 19.3. The molecule has 1 aliphatic heterocycles. The van der Waals surface area contributed by atoms with Crippen LogP contribution in [0.1, 0.15) is 19.3 Å². The quantitative estimate of drug-likeness (QED) is 0.677. The zero-order chi connectivity index (χ0) is 9.03. The van der Waals surface area contributed by atoms with E-state index in [0.29, 0.717) is 25.8 Å². The normalized spacial score (nSPS) is 28.8. The summed E-state index contributed by atoms with van der Waals surface area (Å²) in [7, 11) is 0. The molecule has 0 saturated carbocycles. The van der Waals surface area contributed by atoms with Crippen molar-refractivity contribution in [2.45, 2.75) is 25.2 Å². The van der Waals surface area contributed by atoms with Gasteiger partial charge in [0.2, 0.25) is 0 Å². The standard InChI is InChI=1S/C8H15F2NO/c9-8(10)6-11-4-3-7(8)2-1-5-12/h7,11-12H,1-6H2. The number of rotatable bonds is 3. The van der Waals surface area contributed by atoms with Crippen LogP contribution in [-0.4, -0.2) is 30.7 Å². The number of aliphatic hydroxyl groups excluding tert-OH is 1. The van der Waals surface area contributed by atoms with Crippen LogP contribution < -0.4 is 5.32 Å². The minimum atomic E-state index is -2.58. The molecule has 0 amide bonds. The van der Waals surface area contributed by atoms with E-state index in [0.717, 1.165) is 0 Å². The van der Waals surface area contributed by atoms with E-state index in [9.17, 15) is 8.78 Å². The van der Waals surface area contributed by atoms with Gasteiger partial charge in [-0.15, -0.1) is 0 Å². The first kappa shape index (κ1) is 9.86. The first-order valence-corrected chi connectivity index (χ1v) is 4.36. The Hall–Kier alpha value is -0.220. The lowest BCUT2D eigenvalue weighted by atomic mass is 9.90. The van der Waals surface area contributed by atoms with Crippen LogP contribution >= 0.6 is 0 Å². The summed E-state index contributed by atoms with van der Waals surface area (Å²) in [5.74, 6) is -3.11. The minimum Gasteiger partial charge on any atom is -0.396 e. The fourth-order valence-corrected chi connectivity index (χ4v) is 1.58. The number of aliphatic hydroxyl groups is 1. The fraction of sp³-hybridized carbons (Fsp3) is 1.00. The van der Waals surface area contributed by atoms with Crippen LogP contribution in [0.25, 0.3) is 0 Å². The molecule has 1 atom stereocenters. The van der Waals surface area contributed by atoms with Gasteiger partial charge in [0, 0.05) is 12.5 Å². The van der Waals surface area contributed by atoms with Gasteiger partial charge in [-0.05, 0) is 25.8 Å². The van der Waals surface area contributed by atoms with E-state index in [4.69, 9.17) is 5.11 Å². The van der Waals surface area contributed by atoms with Crippen molar-refractivity contribution in [3.05, 3.63) is 0 Å². The zero-order valence-electron chi connectivity index (χ0n) is 7.02. The van der Waals surface area contributed by atoms with Crippen LogP contribution in [0, 0.1) is 5.92 Å². The average molecular weight is 179 g/mol. The van der Waals surface area contributed by atoms with Gasteiger partial charge < -0.3 is 10.4 Å². The van der Waals surface area contributed by atoms with Crippen LogP contribution in [0.3, 0.4) is 0 Å². The molecule has 0 aromatic carbocycles. The summed E-state index contributed by atoms with van der Waals surface area (Å²) in [4.78, 5) is 0. The molecule has 12 heavy (non-hydrogen) atoms. The lowest BCUT2D eigenvalue weighted by Gasteiger charge is -2.31. The second-order valence-corrected chi connectivity index (χ2v) is 3.29. The predicted octanol–water partition coefficient (Wildman–Crippen LogP) is 1.00. The highest BCUT2D eigenvalue weighted by Crippen LogP contribution is 2.32. The summed E-state index contributed by atoms with van der Waals surface area (Å²) in [6.45, 7) is 0.481. The highest BCUT2D eigenvalue weighted by molar-refractivity contribution is 4.84. The second-order valence-electron chi connectivity index (χ2n) is 3.29. The van der Waals surface area contributed by atoms with Gasteiger partial charge >= 0.3 is 0 Å². The number of alkyl halides is 2. The Labute approximate surface area is 71.0 Å². The smallest absolute Gasteiger partial charge is 0.263 e. The molecule has 1 saturated heterocycles. The molecule has 0 radical (unpaired) electrons. The predicted molar refractivity (Wildman–Crippen MR) is 42.2 cm³/mol. The van der Waals surface area contributed by atoms with Crippen molar-refractivity contribution < 1.29 is 13.9 Å². The van der Waals surface area contributed by atoms with Crippen molar-refractivity contribution in [2.24, 2.45) is 5.92 Å². The topological polar surface area (TPSA) is 32.3 Å². The van der Waals surface area contributed by atoms with Crippen LogP contribution in [0.15, 0.2) is 0 Å². The molecule has 2 nitrogen and oxygen atoms in total. The third kappa shape index (κ3) is 2.38. The van der Waals surface area contributed by atoms with E-state index < -0.39 is 11.8 Å². The van der Waals surface area contributed by atoms with E-state index in [1.165, 1.54) is 0 Å². The van der Waals surface area contributed by atoms with Crippen molar-refractivity contribution in [3.8, 4) is 0 Å². The van der Waals surface area contributed by atoms with Crippen LogP contribution in [0.2, 0.25) is 0 Å². The Morgan fingerprint density at radius 3 is 2.83 bits per heavy atom. The molecule has 0 spiro atoms. The molecule has 72 valence electrons. The van der Waals surface area contributed by atoms with Gasteiger partial charge in [0.1, 0.15) is 0 Å². The van der Waals surface area contributed by atoms with Crippen molar-refractivity contribution in [1.82, 2.24) is 5.32 Å². The van der Waals surface area contributed by atoms with Gasteiger partial charge in [-0.2, -0.15) is 0 Å². The molecule has 0 aromatic rings. The van der Waals surface area contributed by atoms with E-state index in [2.05, 4.69) is 5.32 Å². The molecular formula is C8H15F2NO. The Morgan fingerprint density at radius 2 is 2.25 bits per heavy atom. The van der Waals surface area contributed by atoms with Gasteiger partial charge in [0.05, 0.1) is 6.54 Å². The fourth-order valence-electron chi connectivity index (χ4n) is 1.58. The third-order valence-electron chi connectivity index (χ3n) is 2.34. The Balaban J connectivity index is 2.37. The SMILES string of the molecule is OCCCC1CCNCC1(F)F. The van der Waals surface area contributed by atoms with E-state index in [1.807, 2.05) is 0 Å². The van der Waals surface area contributed by atoms with Gasteiger partial charge in [-0.25, -0.2) is 8.78 Å². The van der Waals surface area contributed by atoms with Gasteiger partial charge in [-0.1, -0.05) is 0 Å². The molecule has 1 rings (SSSR count). The largest absolute Gasteiger partial charge is 0.396 e. The summed E-state index contributed by atoms with van der Waals surface area (Å²) < 4.78 is 26.1. The summed E-state index contributed by atoms with van der Waals surface area (Å²) in [5.41, 5.74) is 0. The lowest BCUT2D eigenvalue weighted by Crippen LogP contribution is -2.46. The number of nitrogens with one attached hydrogen (secondary N) is 1. The molecule has 0 aliphatic carbocycles. The molecule has 1 unspecified atom stereocenters. The van der Waals surface area contributed by atoms with Crippen molar-refractivity contribution in [1.29, 1.82) is 0 Å². The zero-order valence-corrected chi connectivity index (χ0v) is 7.02. The number of hydrogen-bond donors (Lipinski definition) is 2. The first-order chi connectivity index (χ1) is 5.67. The molecule has 1 aliphatic rings. The van der Waals surface area contributed by atoms with Gasteiger partial charge in [-0.3, -0.25) is 0 Å². The first-order valence-electron chi connectivity index (χ1n) is 4.36. The lowest BCUT2D eigenvalue weighted by molar-refractivity contribution is -0.0772. The molecule has 0 bridgehead atoms. The second kappa shape index (κ2) is 4.14. The van der Waals surface area contributed by atoms with Crippen LogP contribution in [0.5, 0.6) is 0 Å². The molecule has 1 fully saturated rings. The minimum absolute atomic E-state index is 0.0139. The molecule has 1 heterocycles. The summed E-state index contributed by atoms with van der Waals surface area (Å²) >= 11 is 0. The third-order valence-corrected chi connectivity index (χ3v) is 2.34. The van der Waals surface area contributed by atoms with E-state index >= 15 is 0 Å². The van der Waals surface area contributed by atoms with E-state index in [-0.39, 0.29) is 13.2 Å². The van der Waals surface area contributed by atoms with Crippen LogP contribution in [-0.2, 0) is 0 Å². The van der Waals surface area contributed by atoms with Crippen molar-refractivity contribution in [3.63, 3.8) is 0 Å². The maximum absolute atomic E-state index is 13.0. The maximum atomic E-state index is 13.0. The average Bonchev–Trinajstić information content (AvgIpc) is 2.02. The Bertz CT molecular complexity index is 141. The Kier molecular flexibility index (Phi) is 3.40. The van der Waals surface area contributed by atoms with Gasteiger partial charge in [0.15, 0.2) is 0 Å². The molecule has 2 N–H and O–H groups in total. The number of hydrogen-bond acceptors (Lipinski definition) is 2. The molecule has 0 aromatic heterocycles. The summed E-state index contributed by atoms with van der Waals surface area (Å²) in [6.07, 6.45) is 1.44. The highest BCUT2D eigenvalue weighted by Gasteiger charge is 2.40. The summed E-state index contributed by atoms with van der Waals surface area (Å²) in [6, 6.07) is 0. The summed E-state index contributed by atoms with van der Waals surface area (Å²) in [5, 5.41) is 11.2. The maximum Gasteiger partial charge on any atom is 0.263 e.